The lowest BCUT2D eigenvalue weighted by Gasteiger charge is -2.08. The number of hydrogen-bond acceptors (Lipinski definition) is 2. The van der Waals surface area contributed by atoms with E-state index in [1.54, 1.807) is 18.2 Å². The maximum atomic E-state index is 12.1. The molecule has 0 saturated carbocycles. The lowest BCUT2D eigenvalue weighted by molar-refractivity contribution is -0.114. The van der Waals surface area contributed by atoms with Gasteiger partial charge in [-0.05, 0) is 45.8 Å². The molecule has 0 aliphatic heterocycles. The van der Waals surface area contributed by atoms with E-state index in [4.69, 9.17) is 0 Å². The van der Waals surface area contributed by atoms with Gasteiger partial charge >= 0.3 is 0 Å². The third-order valence-corrected chi connectivity index (χ3v) is 3.54. The molecule has 0 radical (unpaired) electrons. The highest BCUT2D eigenvalue weighted by Crippen LogP contribution is 2.16. The maximum absolute atomic E-state index is 12.1. The number of carbonyl (C=O) groups is 2. The first-order valence-corrected chi connectivity index (χ1v) is 7.25. The van der Waals surface area contributed by atoms with E-state index in [9.17, 15) is 9.59 Å². The Kier molecular flexibility index (Phi) is 5.11. The Morgan fingerprint density at radius 1 is 1.05 bits per heavy atom. The Hall–Kier alpha value is -2.14. The molecule has 0 heterocycles. The van der Waals surface area contributed by atoms with Gasteiger partial charge in [0, 0.05) is 23.6 Å². The van der Waals surface area contributed by atoms with Gasteiger partial charge in [-0.3, -0.25) is 9.59 Å². The van der Waals surface area contributed by atoms with Crippen LogP contribution in [0.15, 0.2) is 53.0 Å². The molecule has 0 unspecified atom stereocenters. The Morgan fingerprint density at radius 3 is 2.33 bits per heavy atom. The quantitative estimate of drug-likeness (QED) is 0.891. The van der Waals surface area contributed by atoms with Crippen LogP contribution < -0.4 is 10.6 Å². The normalized spacial score (nSPS) is 10.0. The van der Waals surface area contributed by atoms with E-state index in [1.165, 1.54) is 6.92 Å². The van der Waals surface area contributed by atoms with E-state index in [2.05, 4.69) is 26.6 Å². The van der Waals surface area contributed by atoms with Crippen molar-refractivity contribution >= 4 is 33.4 Å². The molecule has 2 amide bonds. The van der Waals surface area contributed by atoms with Gasteiger partial charge in [0.2, 0.25) is 5.91 Å². The van der Waals surface area contributed by atoms with E-state index in [-0.39, 0.29) is 11.8 Å². The molecule has 2 aromatic carbocycles. The average Bonchev–Trinajstić information content (AvgIpc) is 2.46. The molecule has 108 valence electrons. The fraction of sp³-hybridized carbons (Fsp3) is 0.125. The fourth-order valence-electron chi connectivity index (χ4n) is 1.83. The predicted molar refractivity (Wildman–Crippen MR) is 86.1 cm³/mol. The van der Waals surface area contributed by atoms with Crippen LogP contribution in [0.1, 0.15) is 22.8 Å². The second-order valence-electron chi connectivity index (χ2n) is 4.54. The summed E-state index contributed by atoms with van der Waals surface area (Å²) < 4.78 is 0.767. The molecule has 0 aliphatic carbocycles. The zero-order valence-corrected chi connectivity index (χ0v) is 13.1. The zero-order chi connectivity index (χ0) is 15.2. The van der Waals surface area contributed by atoms with Crippen LogP contribution in [0.2, 0.25) is 0 Å². The Bertz CT molecular complexity index is 654. The first-order chi connectivity index (χ1) is 10.1. The number of carbonyl (C=O) groups excluding carboxylic acids is 2. The molecule has 0 fully saturated rings. The molecule has 0 bridgehead atoms. The van der Waals surface area contributed by atoms with E-state index >= 15 is 0 Å². The number of hydrogen-bond donors (Lipinski definition) is 2. The molecule has 21 heavy (non-hydrogen) atoms. The third-order valence-electron chi connectivity index (χ3n) is 2.85. The molecule has 5 heteroatoms. The minimum atomic E-state index is -0.131. The molecule has 0 saturated heterocycles. The van der Waals surface area contributed by atoms with Crippen molar-refractivity contribution in [2.24, 2.45) is 0 Å². The monoisotopic (exact) mass is 346 g/mol. The lowest BCUT2D eigenvalue weighted by atomic mass is 10.2. The van der Waals surface area contributed by atoms with Gasteiger partial charge in [-0.1, -0.05) is 24.3 Å². The number of anilines is 1. The van der Waals surface area contributed by atoms with Crippen molar-refractivity contribution in [1.82, 2.24) is 5.32 Å². The smallest absolute Gasteiger partial charge is 0.252 e. The van der Waals surface area contributed by atoms with Crippen molar-refractivity contribution in [2.45, 2.75) is 13.5 Å². The molecule has 2 aromatic rings. The molecule has 0 atom stereocenters. The van der Waals surface area contributed by atoms with Gasteiger partial charge < -0.3 is 10.6 Å². The summed E-state index contributed by atoms with van der Waals surface area (Å²) in [6.07, 6.45) is 0. The average molecular weight is 347 g/mol. The summed E-state index contributed by atoms with van der Waals surface area (Å²) in [6.45, 7) is 1.90. The SMILES string of the molecule is CC(=O)Nc1ccc(CNC(=O)c2ccccc2Br)cc1. The molecule has 4 nitrogen and oxygen atoms in total. The number of halogens is 1. The summed E-state index contributed by atoms with van der Waals surface area (Å²) in [5.41, 5.74) is 2.31. The molecule has 0 aromatic heterocycles. The summed E-state index contributed by atoms with van der Waals surface area (Å²) in [5, 5.41) is 5.56. The first kappa shape index (κ1) is 15.3. The van der Waals surface area contributed by atoms with E-state index in [0.717, 1.165) is 15.7 Å². The van der Waals surface area contributed by atoms with Crippen molar-refractivity contribution in [3.63, 3.8) is 0 Å². The first-order valence-electron chi connectivity index (χ1n) is 6.45. The Morgan fingerprint density at radius 2 is 1.71 bits per heavy atom. The maximum Gasteiger partial charge on any atom is 0.252 e. The topological polar surface area (TPSA) is 58.2 Å². The lowest BCUT2D eigenvalue weighted by Crippen LogP contribution is -2.23. The van der Waals surface area contributed by atoms with Crippen molar-refractivity contribution in [3.8, 4) is 0 Å². The minimum absolute atomic E-state index is 0.106. The van der Waals surface area contributed by atoms with Crippen LogP contribution in [0, 0.1) is 0 Å². The molecule has 2 rings (SSSR count). The standard InChI is InChI=1S/C16H15BrN2O2/c1-11(20)19-13-8-6-12(7-9-13)10-18-16(21)14-4-2-3-5-15(14)17/h2-9H,10H2,1H3,(H,18,21)(H,19,20). The molecule has 0 aliphatic rings. The highest BCUT2D eigenvalue weighted by atomic mass is 79.9. The minimum Gasteiger partial charge on any atom is -0.348 e. The molecule has 0 spiro atoms. The second kappa shape index (κ2) is 7.04. The van der Waals surface area contributed by atoms with Crippen LogP contribution in [-0.2, 0) is 11.3 Å². The highest BCUT2D eigenvalue weighted by Gasteiger charge is 2.08. The fourth-order valence-corrected chi connectivity index (χ4v) is 2.30. The zero-order valence-electron chi connectivity index (χ0n) is 11.5. The number of amides is 2. The van der Waals surface area contributed by atoms with E-state index in [1.807, 2.05) is 30.3 Å². The van der Waals surface area contributed by atoms with Crippen molar-refractivity contribution in [1.29, 1.82) is 0 Å². The molecular formula is C16H15BrN2O2. The summed E-state index contributed by atoms with van der Waals surface area (Å²) in [7, 11) is 0. The van der Waals surface area contributed by atoms with Crippen LogP contribution >= 0.6 is 15.9 Å². The second-order valence-corrected chi connectivity index (χ2v) is 5.39. The van der Waals surface area contributed by atoms with Crippen LogP contribution in [0.25, 0.3) is 0 Å². The third kappa shape index (κ3) is 4.43. The predicted octanol–water partition coefficient (Wildman–Crippen LogP) is 3.34. The van der Waals surface area contributed by atoms with E-state index in [0.29, 0.717) is 12.1 Å². The van der Waals surface area contributed by atoms with Crippen LogP contribution in [0.3, 0.4) is 0 Å². The molecule has 2 N–H and O–H groups in total. The van der Waals surface area contributed by atoms with Crippen LogP contribution in [-0.4, -0.2) is 11.8 Å². The summed E-state index contributed by atoms with van der Waals surface area (Å²) in [4.78, 5) is 23.0. The largest absolute Gasteiger partial charge is 0.348 e. The number of benzene rings is 2. The number of rotatable bonds is 4. The van der Waals surface area contributed by atoms with Gasteiger partial charge in [-0.2, -0.15) is 0 Å². The van der Waals surface area contributed by atoms with Crippen molar-refractivity contribution in [2.75, 3.05) is 5.32 Å². The van der Waals surface area contributed by atoms with Gasteiger partial charge in [0.1, 0.15) is 0 Å². The van der Waals surface area contributed by atoms with Crippen molar-refractivity contribution < 1.29 is 9.59 Å². The summed E-state index contributed by atoms with van der Waals surface area (Å²) >= 11 is 3.35. The Balaban J connectivity index is 1.95. The van der Waals surface area contributed by atoms with Gasteiger partial charge in [0.25, 0.3) is 5.91 Å². The Labute approximate surface area is 131 Å². The van der Waals surface area contributed by atoms with Crippen LogP contribution in [0.5, 0.6) is 0 Å². The summed E-state index contributed by atoms with van der Waals surface area (Å²) in [6, 6.07) is 14.6. The number of nitrogens with one attached hydrogen (secondary N) is 2. The van der Waals surface area contributed by atoms with Gasteiger partial charge in [-0.15, -0.1) is 0 Å². The van der Waals surface area contributed by atoms with Crippen LogP contribution in [0.4, 0.5) is 5.69 Å². The summed E-state index contributed by atoms with van der Waals surface area (Å²) in [5.74, 6) is -0.238. The molecular weight excluding hydrogens is 332 g/mol. The van der Waals surface area contributed by atoms with Crippen molar-refractivity contribution in [3.05, 3.63) is 64.1 Å². The van der Waals surface area contributed by atoms with E-state index < -0.39 is 0 Å². The van der Waals surface area contributed by atoms with Gasteiger partial charge in [0.15, 0.2) is 0 Å². The highest BCUT2D eigenvalue weighted by molar-refractivity contribution is 9.10. The van der Waals surface area contributed by atoms with Gasteiger partial charge in [0.05, 0.1) is 5.56 Å². The van der Waals surface area contributed by atoms with Gasteiger partial charge in [-0.25, -0.2) is 0 Å².